The maximum atomic E-state index is 11.4. The predicted octanol–water partition coefficient (Wildman–Crippen LogP) is 1.55. The lowest BCUT2D eigenvalue weighted by Gasteiger charge is -2.04. The van der Waals surface area contributed by atoms with Gasteiger partial charge in [0.15, 0.2) is 6.61 Å². The van der Waals surface area contributed by atoms with Crippen LogP contribution in [0, 0.1) is 0 Å². The van der Waals surface area contributed by atoms with Crippen LogP contribution in [-0.4, -0.2) is 31.4 Å². The van der Waals surface area contributed by atoms with E-state index in [1.54, 1.807) is 37.3 Å². The quantitative estimate of drug-likeness (QED) is 0.473. The number of methoxy groups -OCH3 is 1. The van der Waals surface area contributed by atoms with Gasteiger partial charge >= 0.3 is 11.9 Å². The summed E-state index contributed by atoms with van der Waals surface area (Å²) in [6.07, 6.45) is 1.68. The molecule has 1 aliphatic heterocycles. The minimum Gasteiger partial charge on any atom is -0.482 e. The van der Waals surface area contributed by atoms with Crippen LogP contribution in [0.4, 0.5) is 0 Å². The molecule has 0 spiro atoms. The van der Waals surface area contributed by atoms with Crippen LogP contribution in [0.15, 0.2) is 35.0 Å². The maximum absolute atomic E-state index is 11.4. The fourth-order valence-corrected chi connectivity index (χ4v) is 1.55. The monoisotopic (exact) mass is 275 g/mol. The van der Waals surface area contributed by atoms with Crippen molar-refractivity contribution < 1.29 is 23.9 Å². The van der Waals surface area contributed by atoms with E-state index in [1.165, 1.54) is 7.11 Å². The molecule has 2 rings (SSSR count). The van der Waals surface area contributed by atoms with E-state index in [4.69, 9.17) is 4.74 Å². The van der Waals surface area contributed by atoms with Crippen molar-refractivity contribution in [2.45, 2.75) is 6.92 Å². The Labute approximate surface area is 115 Å². The van der Waals surface area contributed by atoms with Gasteiger partial charge in [0, 0.05) is 0 Å². The molecular weight excluding hydrogens is 262 g/mol. The molecule has 6 nitrogen and oxygen atoms in total. The number of esters is 1. The van der Waals surface area contributed by atoms with Crippen molar-refractivity contribution in [1.29, 1.82) is 0 Å². The highest BCUT2D eigenvalue weighted by molar-refractivity contribution is 6.24. The first kappa shape index (κ1) is 13.8. The molecule has 0 aliphatic carbocycles. The SMILES string of the molecule is COC(=O)COc1ccc(/C=C2\C(=O)ON=C2C)cc1. The van der Waals surface area contributed by atoms with Gasteiger partial charge in [-0.3, -0.25) is 0 Å². The van der Waals surface area contributed by atoms with Crippen LogP contribution >= 0.6 is 0 Å². The fourth-order valence-electron chi connectivity index (χ4n) is 1.55. The number of ether oxygens (including phenoxy) is 2. The van der Waals surface area contributed by atoms with E-state index in [-0.39, 0.29) is 6.61 Å². The van der Waals surface area contributed by atoms with Gasteiger partial charge in [-0.2, -0.15) is 0 Å². The van der Waals surface area contributed by atoms with Gasteiger partial charge in [-0.15, -0.1) is 0 Å². The summed E-state index contributed by atoms with van der Waals surface area (Å²) in [5, 5.41) is 3.59. The second-order valence-electron chi connectivity index (χ2n) is 4.05. The molecule has 0 saturated heterocycles. The Morgan fingerprint density at radius 2 is 2.05 bits per heavy atom. The Kier molecular flexibility index (Phi) is 4.14. The van der Waals surface area contributed by atoms with Crippen LogP contribution < -0.4 is 4.74 Å². The molecule has 0 amide bonds. The zero-order valence-corrected chi connectivity index (χ0v) is 11.1. The number of hydrogen-bond acceptors (Lipinski definition) is 6. The van der Waals surface area contributed by atoms with Crippen LogP contribution in [0.2, 0.25) is 0 Å². The average molecular weight is 275 g/mol. The molecule has 0 unspecified atom stereocenters. The molecule has 104 valence electrons. The van der Waals surface area contributed by atoms with Gasteiger partial charge in [-0.25, -0.2) is 9.59 Å². The van der Waals surface area contributed by atoms with E-state index in [0.717, 1.165) is 5.56 Å². The minimum atomic E-state index is -0.464. The van der Waals surface area contributed by atoms with Gasteiger partial charge in [0.2, 0.25) is 0 Å². The molecule has 0 aromatic heterocycles. The summed E-state index contributed by atoms with van der Waals surface area (Å²) in [5.74, 6) is -0.373. The number of carbonyl (C=O) groups is 2. The molecule has 20 heavy (non-hydrogen) atoms. The lowest BCUT2D eigenvalue weighted by molar-refractivity contribution is -0.143. The topological polar surface area (TPSA) is 74.2 Å². The van der Waals surface area contributed by atoms with Crippen molar-refractivity contribution in [3.05, 3.63) is 35.4 Å². The molecule has 0 fully saturated rings. The third-order valence-electron chi connectivity index (χ3n) is 2.65. The van der Waals surface area contributed by atoms with E-state index in [1.807, 2.05) is 0 Å². The number of oxime groups is 1. The summed E-state index contributed by atoms with van der Waals surface area (Å²) in [7, 11) is 1.30. The van der Waals surface area contributed by atoms with Crippen LogP contribution in [-0.2, 0) is 19.2 Å². The van der Waals surface area contributed by atoms with E-state index in [0.29, 0.717) is 17.0 Å². The number of carbonyl (C=O) groups excluding carboxylic acids is 2. The van der Waals surface area contributed by atoms with Crippen molar-refractivity contribution in [1.82, 2.24) is 0 Å². The van der Waals surface area contributed by atoms with Crippen molar-refractivity contribution in [2.75, 3.05) is 13.7 Å². The minimum absolute atomic E-state index is 0.144. The largest absolute Gasteiger partial charge is 0.482 e. The molecule has 1 heterocycles. The highest BCUT2D eigenvalue weighted by atomic mass is 16.7. The molecule has 1 aliphatic rings. The molecule has 1 aromatic carbocycles. The highest BCUT2D eigenvalue weighted by Crippen LogP contribution is 2.18. The summed E-state index contributed by atoms with van der Waals surface area (Å²) in [5.41, 5.74) is 1.77. The molecule has 6 heteroatoms. The summed E-state index contributed by atoms with van der Waals surface area (Å²) in [6.45, 7) is 1.56. The van der Waals surface area contributed by atoms with Crippen LogP contribution in [0.1, 0.15) is 12.5 Å². The van der Waals surface area contributed by atoms with Crippen LogP contribution in [0.25, 0.3) is 6.08 Å². The highest BCUT2D eigenvalue weighted by Gasteiger charge is 2.21. The number of hydrogen-bond donors (Lipinski definition) is 0. The number of benzene rings is 1. The van der Waals surface area contributed by atoms with Gasteiger partial charge in [0.05, 0.1) is 18.4 Å². The maximum Gasteiger partial charge on any atom is 0.367 e. The third-order valence-corrected chi connectivity index (χ3v) is 2.65. The summed E-state index contributed by atoms with van der Waals surface area (Å²) < 4.78 is 9.69. The second kappa shape index (κ2) is 6.01. The smallest absolute Gasteiger partial charge is 0.367 e. The Balaban J connectivity index is 2.05. The van der Waals surface area contributed by atoms with Crippen molar-refractivity contribution in [2.24, 2.45) is 5.16 Å². The van der Waals surface area contributed by atoms with Gasteiger partial charge in [0.25, 0.3) is 0 Å². The predicted molar refractivity (Wildman–Crippen MR) is 71.1 cm³/mol. The first-order valence-corrected chi connectivity index (χ1v) is 5.88. The third kappa shape index (κ3) is 3.23. The van der Waals surface area contributed by atoms with E-state index >= 15 is 0 Å². The number of nitrogens with zero attached hydrogens (tertiary/aromatic N) is 1. The van der Waals surface area contributed by atoms with Gasteiger partial charge in [-0.1, -0.05) is 17.3 Å². The van der Waals surface area contributed by atoms with E-state index in [9.17, 15) is 9.59 Å². The first-order valence-electron chi connectivity index (χ1n) is 5.88. The normalized spacial score (nSPS) is 15.8. The Morgan fingerprint density at radius 3 is 2.60 bits per heavy atom. The molecular formula is C14H13NO5. The summed E-state index contributed by atoms with van der Waals surface area (Å²) >= 11 is 0. The van der Waals surface area contributed by atoms with Gasteiger partial charge in [-0.05, 0) is 30.7 Å². The molecule has 0 radical (unpaired) electrons. The Hall–Kier alpha value is -2.63. The van der Waals surface area contributed by atoms with Gasteiger partial charge < -0.3 is 14.3 Å². The first-order chi connectivity index (χ1) is 9.60. The number of rotatable bonds is 4. The lowest BCUT2D eigenvalue weighted by Crippen LogP contribution is -2.12. The van der Waals surface area contributed by atoms with Crippen LogP contribution in [0.3, 0.4) is 0 Å². The Bertz CT molecular complexity index is 586. The zero-order valence-electron chi connectivity index (χ0n) is 11.1. The van der Waals surface area contributed by atoms with Crippen molar-refractivity contribution in [3.8, 4) is 5.75 Å². The summed E-state index contributed by atoms with van der Waals surface area (Å²) in [4.78, 5) is 26.9. The second-order valence-corrected chi connectivity index (χ2v) is 4.05. The fraction of sp³-hybridized carbons (Fsp3) is 0.214. The van der Waals surface area contributed by atoms with E-state index in [2.05, 4.69) is 14.7 Å². The lowest BCUT2D eigenvalue weighted by atomic mass is 10.1. The van der Waals surface area contributed by atoms with Crippen LogP contribution in [0.5, 0.6) is 5.75 Å². The summed E-state index contributed by atoms with van der Waals surface area (Å²) in [6, 6.07) is 6.92. The molecule has 0 saturated carbocycles. The van der Waals surface area contributed by atoms with Gasteiger partial charge in [0.1, 0.15) is 5.75 Å². The standard InChI is InChI=1S/C14H13NO5/c1-9-12(14(17)20-15-9)7-10-3-5-11(6-4-10)19-8-13(16)18-2/h3-7H,8H2,1-2H3/b12-7-. The Morgan fingerprint density at radius 1 is 1.35 bits per heavy atom. The average Bonchev–Trinajstić information content (AvgIpc) is 2.78. The molecule has 1 aromatic rings. The zero-order chi connectivity index (χ0) is 14.5. The van der Waals surface area contributed by atoms with E-state index < -0.39 is 11.9 Å². The molecule has 0 bridgehead atoms. The van der Waals surface area contributed by atoms with Crippen molar-refractivity contribution >= 4 is 23.7 Å². The molecule has 0 atom stereocenters. The van der Waals surface area contributed by atoms with Crippen molar-refractivity contribution in [3.63, 3.8) is 0 Å². The molecule has 0 N–H and O–H groups in total.